The Kier molecular flexibility index (Phi) is 12.3. The third-order valence-corrected chi connectivity index (χ3v) is 3.40. The molecule has 0 aliphatic rings. The molecule has 0 amide bonds. The SMILES string of the molecule is CCCCCC(C)NC(=NCCc1cnn(C)c1)NCC.I. The van der Waals surface area contributed by atoms with Crippen LogP contribution in [0.2, 0.25) is 0 Å². The molecule has 0 fully saturated rings. The minimum atomic E-state index is 0. The summed E-state index contributed by atoms with van der Waals surface area (Å²) < 4.78 is 1.83. The number of aliphatic imine (C=N–C) groups is 1. The van der Waals surface area contributed by atoms with Gasteiger partial charge in [-0.2, -0.15) is 5.10 Å². The molecule has 0 saturated heterocycles. The highest BCUT2D eigenvalue weighted by Crippen LogP contribution is 2.03. The Hall–Kier alpha value is -0.790. The van der Waals surface area contributed by atoms with Crippen LogP contribution in [0.4, 0.5) is 0 Å². The van der Waals surface area contributed by atoms with E-state index in [9.17, 15) is 0 Å². The summed E-state index contributed by atoms with van der Waals surface area (Å²) in [5.74, 6) is 0.922. The van der Waals surface area contributed by atoms with Crippen LogP contribution in [0.25, 0.3) is 0 Å². The lowest BCUT2D eigenvalue weighted by atomic mass is 10.1. The number of hydrogen-bond acceptors (Lipinski definition) is 2. The number of rotatable bonds is 9. The molecule has 0 spiro atoms. The lowest BCUT2D eigenvalue weighted by Gasteiger charge is -2.17. The molecule has 0 aliphatic heterocycles. The highest BCUT2D eigenvalue weighted by atomic mass is 127. The van der Waals surface area contributed by atoms with E-state index in [0.29, 0.717) is 6.04 Å². The van der Waals surface area contributed by atoms with Crippen LogP contribution in [0.15, 0.2) is 17.4 Å². The van der Waals surface area contributed by atoms with Crippen LogP contribution in [0.3, 0.4) is 0 Å². The first-order chi connectivity index (χ1) is 10.2. The summed E-state index contributed by atoms with van der Waals surface area (Å²) in [5.41, 5.74) is 1.23. The molecule has 1 aromatic heterocycles. The maximum absolute atomic E-state index is 4.64. The number of unbranched alkanes of at least 4 members (excludes halogenated alkanes) is 2. The fourth-order valence-electron chi connectivity index (χ4n) is 2.22. The molecule has 0 saturated carbocycles. The van der Waals surface area contributed by atoms with Crippen molar-refractivity contribution < 1.29 is 0 Å². The fourth-order valence-corrected chi connectivity index (χ4v) is 2.22. The molecule has 6 heteroatoms. The van der Waals surface area contributed by atoms with Gasteiger partial charge in [-0.1, -0.05) is 26.2 Å². The molecular weight excluding hydrogens is 389 g/mol. The topological polar surface area (TPSA) is 54.2 Å². The van der Waals surface area contributed by atoms with Crippen LogP contribution in [-0.2, 0) is 13.5 Å². The second kappa shape index (κ2) is 12.7. The van der Waals surface area contributed by atoms with Gasteiger partial charge in [0, 0.05) is 32.4 Å². The third-order valence-electron chi connectivity index (χ3n) is 3.40. The average molecular weight is 421 g/mol. The standard InChI is InChI=1S/C16H31N5.HI/c1-5-7-8-9-14(3)20-16(17-6-2)18-11-10-15-12-19-21(4)13-15;/h12-14H,5-11H2,1-4H3,(H2,17,18,20);1H. The van der Waals surface area contributed by atoms with Gasteiger partial charge in [0.15, 0.2) is 5.96 Å². The van der Waals surface area contributed by atoms with Crippen molar-refractivity contribution in [2.24, 2.45) is 12.0 Å². The molecule has 2 N–H and O–H groups in total. The van der Waals surface area contributed by atoms with Crippen LogP contribution in [0, 0.1) is 0 Å². The van der Waals surface area contributed by atoms with E-state index >= 15 is 0 Å². The second-order valence-electron chi connectivity index (χ2n) is 5.57. The summed E-state index contributed by atoms with van der Waals surface area (Å²) in [7, 11) is 1.94. The summed E-state index contributed by atoms with van der Waals surface area (Å²) in [5, 5.41) is 11.0. The number of aromatic nitrogens is 2. The summed E-state index contributed by atoms with van der Waals surface area (Å²) in [6, 6.07) is 0.466. The fraction of sp³-hybridized carbons (Fsp3) is 0.750. The first-order valence-corrected chi connectivity index (χ1v) is 8.18. The predicted octanol–water partition coefficient (Wildman–Crippen LogP) is 3.10. The van der Waals surface area contributed by atoms with Gasteiger partial charge in [-0.15, -0.1) is 24.0 Å². The van der Waals surface area contributed by atoms with Gasteiger partial charge in [0.1, 0.15) is 0 Å². The Bertz CT molecular complexity index is 416. The van der Waals surface area contributed by atoms with E-state index in [2.05, 4.69) is 41.5 Å². The third kappa shape index (κ3) is 9.27. The molecule has 0 bridgehead atoms. The number of halogens is 1. The van der Waals surface area contributed by atoms with Crippen molar-refractivity contribution in [2.45, 2.75) is 58.9 Å². The molecule has 1 unspecified atom stereocenters. The molecule has 1 rings (SSSR count). The second-order valence-corrected chi connectivity index (χ2v) is 5.57. The highest BCUT2D eigenvalue weighted by molar-refractivity contribution is 14.0. The summed E-state index contributed by atoms with van der Waals surface area (Å²) in [6.45, 7) is 8.23. The van der Waals surface area contributed by atoms with Gasteiger partial charge < -0.3 is 10.6 Å². The molecule has 1 atom stereocenters. The highest BCUT2D eigenvalue weighted by Gasteiger charge is 2.04. The van der Waals surface area contributed by atoms with Crippen molar-refractivity contribution in [2.75, 3.05) is 13.1 Å². The monoisotopic (exact) mass is 421 g/mol. The molecule has 0 aliphatic carbocycles. The molecule has 1 aromatic rings. The van der Waals surface area contributed by atoms with E-state index in [-0.39, 0.29) is 24.0 Å². The first kappa shape index (κ1) is 21.2. The van der Waals surface area contributed by atoms with Crippen molar-refractivity contribution in [3.05, 3.63) is 18.0 Å². The minimum absolute atomic E-state index is 0. The number of nitrogens with zero attached hydrogens (tertiary/aromatic N) is 3. The maximum Gasteiger partial charge on any atom is 0.191 e. The predicted molar refractivity (Wildman–Crippen MR) is 105 cm³/mol. The number of aryl methyl sites for hydroxylation is 1. The number of nitrogens with one attached hydrogen (secondary N) is 2. The minimum Gasteiger partial charge on any atom is -0.357 e. The Morgan fingerprint density at radius 3 is 2.73 bits per heavy atom. The Morgan fingerprint density at radius 1 is 1.36 bits per heavy atom. The molecule has 5 nitrogen and oxygen atoms in total. The van der Waals surface area contributed by atoms with Gasteiger partial charge in [-0.05, 0) is 32.3 Å². The quantitative estimate of drug-likeness (QED) is 0.279. The largest absolute Gasteiger partial charge is 0.357 e. The summed E-state index contributed by atoms with van der Waals surface area (Å²) >= 11 is 0. The smallest absolute Gasteiger partial charge is 0.191 e. The van der Waals surface area contributed by atoms with Crippen molar-refractivity contribution in [3.8, 4) is 0 Å². The molecule has 128 valence electrons. The van der Waals surface area contributed by atoms with E-state index in [1.54, 1.807) is 0 Å². The normalized spacial score (nSPS) is 12.6. The lowest BCUT2D eigenvalue weighted by Crippen LogP contribution is -2.42. The van der Waals surface area contributed by atoms with E-state index in [0.717, 1.165) is 25.5 Å². The van der Waals surface area contributed by atoms with Crippen molar-refractivity contribution >= 4 is 29.9 Å². The van der Waals surface area contributed by atoms with Gasteiger partial charge in [0.2, 0.25) is 0 Å². The van der Waals surface area contributed by atoms with Gasteiger partial charge in [-0.25, -0.2) is 0 Å². The Morgan fingerprint density at radius 2 is 2.14 bits per heavy atom. The van der Waals surface area contributed by atoms with Crippen molar-refractivity contribution in [1.29, 1.82) is 0 Å². The van der Waals surface area contributed by atoms with Crippen LogP contribution in [-0.4, -0.2) is 34.9 Å². The zero-order valence-electron chi connectivity index (χ0n) is 14.4. The van der Waals surface area contributed by atoms with E-state index < -0.39 is 0 Å². The zero-order chi connectivity index (χ0) is 15.5. The van der Waals surface area contributed by atoms with Gasteiger partial charge >= 0.3 is 0 Å². The maximum atomic E-state index is 4.64. The van der Waals surface area contributed by atoms with Crippen LogP contribution < -0.4 is 10.6 Å². The van der Waals surface area contributed by atoms with Crippen LogP contribution >= 0.6 is 24.0 Å². The molecular formula is C16H32IN5. The molecule has 1 heterocycles. The summed E-state index contributed by atoms with van der Waals surface area (Å²) in [6.07, 6.45) is 9.93. The van der Waals surface area contributed by atoms with Crippen molar-refractivity contribution in [1.82, 2.24) is 20.4 Å². The zero-order valence-corrected chi connectivity index (χ0v) is 16.8. The number of guanidine groups is 1. The Balaban J connectivity index is 0.00000441. The molecule has 22 heavy (non-hydrogen) atoms. The van der Waals surface area contributed by atoms with Crippen molar-refractivity contribution in [3.63, 3.8) is 0 Å². The lowest BCUT2D eigenvalue weighted by molar-refractivity contribution is 0.547. The van der Waals surface area contributed by atoms with E-state index in [1.807, 2.05) is 24.1 Å². The first-order valence-electron chi connectivity index (χ1n) is 8.18. The Labute approximate surface area is 152 Å². The summed E-state index contributed by atoms with van der Waals surface area (Å²) in [4.78, 5) is 4.64. The van der Waals surface area contributed by atoms with E-state index in [1.165, 1.54) is 31.2 Å². The average Bonchev–Trinajstić information content (AvgIpc) is 2.85. The molecule has 0 radical (unpaired) electrons. The van der Waals surface area contributed by atoms with Crippen LogP contribution in [0.5, 0.6) is 0 Å². The van der Waals surface area contributed by atoms with Gasteiger partial charge in [-0.3, -0.25) is 9.67 Å². The van der Waals surface area contributed by atoms with Crippen LogP contribution in [0.1, 0.15) is 52.0 Å². The molecule has 0 aromatic carbocycles. The van der Waals surface area contributed by atoms with Gasteiger partial charge in [0.25, 0.3) is 0 Å². The number of hydrogen-bond donors (Lipinski definition) is 2. The van der Waals surface area contributed by atoms with Gasteiger partial charge in [0.05, 0.1) is 6.20 Å². The van der Waals surface area contributed by atoms with E-state index in [4.69, 9.17) is 0 Å².